The van der Waals surface area contributed by atoms with Gasteiger partial charge >= 0.3 is 0 Å². The predicted molar refractivity (Wildman–Crippen MR) is 177 cm³/mol. The van der Waals surface area contributed by atoms with Crippen molar-refractivity contribution < 1.29 is 0 Å². The second-order valence-corrected chi connectivity index (χ2v) is 10.9. The van der Waals surface area contributed by atoms with Crippen LogP contribution < -0.4 is 0 Å². The van der Waals surface area contributed by atoms with Crippen LogP contribution in [0, 0.1) is 0 Å². The third-order valence-electron chi connectivity index (χ3n) is 8.41. The average Bonchev–Trinajstić information content (AvgIpc) is 3.43. The van der Waals surface area contributed by atoms with E-state index in [1.165, 1.54) is 27.8 Å². The maximum atomic E-state index is 5.32. The quantitative estimate of drug-likeness (QED) is 0.214. The molecule has 0 bridgehead atoms. The van der Waals surface area contributed by atoms with Crippen LogP contribution >= 0.6 is 0 Å². The third kappa shape index (κ3) is 4.36. The van der Waals surface area contributed by atoms with Crippen LogP contribution in [0.15, 0.2) is 164 Å². The summed E-state index contributed by atoms with van der Waals surface area (Å²) in [6, 6.07) is 57.8. The molecule has 0 spiro atoms. The van der Waals surface area contributed by atoms with Gasteiger partial charge in [-0.2, -0.15) is 0 Å². The van der Waals surface area contributed by atoms with Gasteiger partial charge in [0, 0.05) is 28.2 Å². The highest BCUT2D eigenvalue weighted by molar-refractivity contribution is 5.94. The number of hydrogen-bond donors (Lipinski definition) is 0. The minimum Gasteiger partial charge on any atom is -0.227 e. The summed E-state index contributed by atoms with van der Waals surface area (Å²) in [5.41, 5.74) is 13.7. The van der Waals surface area contributed by atoms with Crippen molar-refractivity contribution >= 4 is 0 Å². The van der Waals surface area contributed by atoms with Crippen LogP contribution in [-0.4, -0.2) is 9.97 Å². The van der Waals surface area contributed by atoms with Gasteiger partial charge in [-0.1, -0.05) is 164 Å². The summed E-state index contributed by atoms with van der Waals surface area (Å²) in [6.07, 6.45) is 0. The number of nitrogens with zero attached hydrogens (tertiary/aromatic N) is 2. The molecule has 2 heteroatoms. The lowest BCUT2D eigenvalue weighted by atomic mass is 9.82. The Labute approximate surface area is 252 Å². The Hall–Kier alpha value is -5.60. The Kier molecular flexibility index (Phi) is 6.23. The Morgan fingerprint density at radius 3 is 1.14 bits per heavy atom. The van der Waals surface area contributed by atoms with E-state index in [1.807, 2.05) is 18.2 Å². The van der Waals surface area contributed by atoms with Gasteiger partial charge in [-0.25, -0.2) is 9.97 Å². The van der Waals surface area contributed by atoms with Crippen LogP contribution in [0.4, 0.5) is 0 Å². The zero-order valence-electron chi connectivity index (χ0n) is 23.6. The number of hydrogen-bond acceptors (Lipinski definition) is 2. The highest BCUT2D eigenvalue weighted by Crippen LogP contribution is 2.51. The molecule has 202 valence electrons. The Morgan fingerprint density at radius 1 is 0.326 bits per heavy atom. The molecule has 1 aliphatic carbocycles. The smallest absolute Gasteiger partial charge is 0.160 e. The molecule has 1 aromatic heterocycles. The van der Waals surface area contributed by atoms with E-state index in [9.17, 15) is 0 Å². The monoisotopic (exact) mass is 548 g/mol. The van der Waals surface area contributed by atoms with Gasteiger partial charge in [0.15, 0.2) is 5.82 Å². The van der Waals surface area contributed by atoms with Crippen LogP contribution in [-0.2, 0) is 0 Å². The fourth-order valence-electron chi connectivity index (χ4n) is 6.51. The molecule has 1 aliphatic rings. The number of rotatable bonds is 5. The van der Waals surface area contributed by atoms with Crippen molar-refractivity contribution in [2.24, 2.45) is 0 Å². The summed E-state index contributed by atoms with van der Waals surface area (Å²) in [4.78, 5) is 10.6. The van der Waals surface area contributed by atoms with E-state index in [4.69, 9.17) is 9.97 Å². The molecule has 6 aromatic carbocycles. The van der Waals surface area contributed by atoms with Crippen LogP contribution in [0.1, 0.15) is 22.6 Å². The fraction of sp³-hybridized carbons (Fsp3) is 0.0244. The predicted octanol–water partition coefficient (Wildman–Crippen LogP) is 10.3. The van der Waals surface area contributed by atoms with Gasteiger partial charge in [0.2, 0.25) is 0 Å². The Morgan fingerprint density at radius 2 is 0.674 bits per heavy atom. The van der Waals surface area contributed by atoms with E-state index in [0.717, 1.165) is 45.0 Å². The molecule has 0 aliphatic heterocycles. The highest BCUT2D eigenvalue weighted by atomic mass is 14.9. The van der Waals surface area contributed by atoms with Gasteiger partial charge in [0.05, 0.1) is 11.4 Å². The molecule has 1 heterocycles. The molecule has 0 unspecified atom stereocenters. The lowest BCUT2D eigenvalue weighted by Crippen LogP contribution is -2.05. The van der Waals surface area contributed by atoms with E-state index in [0.29, 0.717) is 0 Å². The molecule has 0 radical (unpaired) electrons. The van der Waals surface area contributed by atoms with E-state index in [1.54, 1.807) is 0 Å². The van der Waals surface area contributed by atoms with E-state index >= 15 is 0 Å². The van der Waals surface area contributed by atoms with Crippen molar-refractivity contribution in [3.63, 3.8) is 0 Å². The van der Waals surface area contributed by atoms with E-state index < -0.39 is 0 Å². The molecule has 7 aromatic rings. The number of aromatic nitrogens is 2. The largest absolute Gasteiger partial charge is 0.227 e. The molecule has 0 amide bonds. The first kappa shape index (κ1) is 25.1. The maximum absolute atomic E-state index is 5.32. The topological polar surface area (TPSA) is 25.8 Å². The van der Waals surface area contributed by atoms with Crippen LogP contribution in [0.5, 0.6) is 0 Å². The average molecular weight is 549 g/mol. The standard InChI is InChI=1S/C41H28N2/c1-4-16-28(17-5-1)39-38(40(29-18-6-2-7-19-29)43-41(42-39)30-20-8-3-9-21-30)36-27-15-14-26-35(36)37-33-24-12-10-22-31(33)32-23-11-13-25-34(32)37/h1-27,37H. The molecule has 43 heavy (non-hydrogen) atoms. The van der Waals surface area contributed by atoms with Gasteiger partial charge in [-0.05, 0) is 33.4 Å². The summed E-state index contributed by atoms with van der Waals surface area (Å²) in [5.74, 6) is 0.820. The lowest BCUT2D eigenvalue weighted by molar-refractivity contribution is 1.02. The zero-order chi connectivity index (χ0) is 28.6. The summed E-state index contributed by atoms with van der Waals surface area (Å²) < 4.78 is 0. The Bertz CT molecular complexity index is 1960. The summed E-state index contributed by atoms with van der Waals surface area (Å²) in [5, 5.41) is 0. The van der Waals surface area contributed by atoms with Gasteiger partial charge in [-0.3, -0.25) is 0 Å². The third-order valence-corrected chi connectivity index (χ3v) is 8.41. The summed E-state index contributed by atoms with van der Waals surface area (Å²) in [7, 11) is 0. The van der Waals surface area contributed by atoms with E-state index in [-0.39, 0.29) is 5.92 Å². The van der Waals surface area contributed by atoms with Crippen LogP contribution in [0.3, 0.4) is 0 Å². The van der Waals surface area contributed by atoms with Gasteiger partial charge in [0.25, 0.3) is 0 Å². The van der Waals surface area contributed by atoms with Gasteiger partial charge in [0.1, 0.15) is 0 Å². The van der Waals surface area contributed by atoms with Crippen molar-refractivity contribution in [3.05, 3.63) is 180 Å². The number of benzene rings is 6. The van der Waals surface area contributed by atoms with Crippen LogP contribution in [0.2, 0.25) is 0 Å². The molecule has 0 saturated carbocycles. The first-order valence-electron chi connectivity index (χ1n) is 14.7. The number of fused-ring (bicyclic) bond motifs is 3. The highest BCUT2D eigenvalue weighted by Gasteiger charge is 2.32. The first-order chi connectivity index (χ1) is 21.4. The molecular formula is C41H28N2. The summed E-state index contributed by atoms with van der Waals surface area (Å²) >= 11 is 0. The zero-order valence-corrected chi connectivity index (χ0v) is 23.6. The van der Waals surface area contributed by atoms with Gasteiger partial charge in [-0.15, -0.1) is 0 Å². The van der Waals surface area contributed by atoms with Crippen molar-refractivity contribution in [1.29, 1.82) is 0 Å². The molecule has 0 atom stereocenters. The molecule has 2 nitrogen and oxygen atoms in total. The maximum Gasteiger partial charge on any atom is 0.160 e. The SMILES string of the molecule is c1ccc(-c2nc(-c3ccccc3)c(-c3ccccc3C3c4ccccc4-c4ccccc43)c(-c3ccccc3)n2)cc1. The van der Waals surface area contributed by atoms with Crippen LogP contribution in [0.25, 0.3) is 56.2 Å². The fourth-order valence-corrected chi connectivity index (χ4v) is 6.51. The second-order valence-electron chi connectivity index (χ2n) is 10.9. The van der Waals surface area contributed by atoms with Crippen molar-refractivity contribution in [1.82, 2.24) is 9.97 Å². The first-order valence-corrected chi connectivity index (χ1v) is 14.7. The van der Waals surface area contributed by atoms with Crippen molar-refractivity contribution in [3.8, 4) is 56.2 Å². The molecule has 0 saturated heterocycles. The normalized spacial score (nSPS) is 12.1. The molecule has 0 fully saturated rings. The molecule has 8 rings (SSSR count). The van der Waals surface area contributed by atoms with E-state index in [2.05, 4.69) is 146 Å². The Balaban J connectivity index is 1.46. The minimum atomic E-state index is 0.102. The minimum absolute atomic E-state index is 0.102. The summed E-state index contributed by atoms with van der Waals surface area (Å²) in [6.45, 7) is 0. The molecular weight excluding hydrogens is 520 g/mol. The van der Waals surface area contributed by atoms with Crippen molar-refractivity contribution in [2.45, 2.75) is 5.92 Å². The second kappa shape index (κ2) is 10.7. The van der Waals surface area contributed by atoms with Crippen molar-refractivity contribution in [2.75, 3.05) is 0 Å². The van der Waals surface area contributed by atoms with Gasteiger partial charge < -0.3 is 0 Å². The lowest BCUT2D eigenvalue weighted by Gasteiger charge is -2.22. The molecule has 0 N–H and O–H groups in total.